The van der Waals surface area contributed by atoms with E-state index in [2.05, 4.69) is 4.98 Å². The van der Waals surface area contributed by atoms with E-state index in [-0.39, 0.29) is 18.1 Å². The molecule has 6 nitrogen and oxygen atoms in total. The van der Waals surface area contributed by atoms with Crippen molar-refractivity contribution in [3.63, 3.8) is 0 Å². The number of rotatable bonds is 4. The number of anilines is 1. The molecule has 1 aliphatic rings. The van der Waals surface area contributed by atoms with Gasteiger partial charge in [0.15, 0.2) is 5.13 Å². The highest BCUT2D eigenvalue weighted by Gasteiger charge is 2.32. The van der Waals surface area contributed by atoms with Crippen LogP contribution < -0.4 is 10.6 Å². The van der Waals surface area contributed by atoms with Crippen molar-refractivity contribution >= 4 is 28.4 Å². The van der Waals surface area contributed by atoms with Crippen LogP contribution in [0.2, 0.25) is 0 Å². The number of primary amides is 1. The third-order valence-electron chi connectivity index (χ3n) is 3.71. The zero-order chi connectivity index (χ0) is 17.4. The van der Waals surface area contributed by atoms with E-state index in [0.29, 0.717) is 28.8 Å². The fourth-order valence-corrected chi connectivity index (χ4v) is 3.43. The Labute approximate surface area is 140 Å². The highest BCUT2D eigenvalue weighted by atomic mass is 32.1. The minimum Gasteiger partial charge on any atom is -0.365 e. The zero-order valence-electron chi connectivity index (χ0n) is 12.8. The molecule has 9 heteroatoms. The third kappa shape index (κ3) is 2.94. The maximum atomic E-state index is 13.7. The van der Waals surface area contributed by atoms with Crippen LogP contribution in [0.3, 0.4) is 0 Å². The summed E-state index contributed by atoms with van der Waals surface area (Å²) in [6, 6.07) is 2.92. The summed E-state index contributed by atoms with van der Waals surface area (Å²) in [7, 11) is 0. The van der Waals surface area contributed by atoms with Crippen molar-refractivity contribution in [3.05, 3.63) is 46.0 Å². The number of nitrogens with two attached hydrogens (primary N) is 1. The van der Waals surface area contributed by atoms with Crippen LogP contribution in [-0.2, 0) is 6.54 Å². The highest BCUT2D eigenvalue weighted by molar-refractivity contribution is 7.17. The van der Waals surface area contributed by atoms with Gasteiger partial charge in [0.05, 0.1) is 12.2 Å². The van der Waals surface area contributed by atoms with E-state index in [1.54, 1.807) is 6.92 Å². The monoisotopic (exact) mass is 352 g/mol. The van der Waals surface area contributed by atoms with Crippen molar-refractivity contribution in [1.82, 2.24) is 9.88 Å². The van der Waals surface area contributed by atoms with Crippen LogP contribution in [0.1, 0.15) is 20.9 Å². The van der Waals surface area contributed by atoms with Gasteiger partial charge in [-0.2, -0.15) is 0 Å². The lowest BCUT2D eigenvalue weighted by molar-refractivity contribution is 0.100. The molecule has 126 valence electrons. The number of amides is 3. The fraction of sp³-hybridized carbons (Fsp3) is 0.267. The quantitative estimate of drug-likeness (QED) is 0.917. The Morgan fingerprint density at radius 3 is 2.75 bits per heavy atom. The first kappa shape index (κ1) is 16.3. The molecule has 3 rings (SSSR count). The second kappa shape index (κ2) is 6.16. The molecule has 1 aromatic heterocycles. The standard InChI is InChI=1S/C15H14F2N4O2S/c1-8-12(13(18)22)24-14(19-8)21-5-4-20(15(21)23)7-9-2-3-10(16)6-11(9)17/h2-3,6H,4-5,7H2,1H3,(H2,18,22). The van der Waals surface area contributed by atoms with E-state index in [1.165, 1.54) is 15.9 Å². The first-order chi connectivity index (χ1) is 11.4. The Hall–Kier alpha value is -2.55. The molecule has 0 aliphatic carbocycles. The van der Waals surface area contributed by atoms with E-state index in [1.807, 2.05) is 0 Å². The SMILES string of the molecule is Cc1nc(N2CCN(Cc3ccc(F)cc3F)C2=O)sc1C(N)=O. The molecule has 2 heterocycles. The maximum Gasteiger partial charge on any atom is 0.326 e. The summed E-state index contributed by atoms with van der Waals surface area (Å²) in [4.78, 5) is 31.2. The maximum absolute atomic E-state index is 13.7. The largest absolute Gasteiger partial charge is 0.365 e. The van der Waals surface area contributed by atoms with Crippen LogP contribution >= 0.6 is 11.3 Å². The van der Waals surface area contributed by atoms with E-state index < -0.39 is 17.5 Å². The van der Waals surface area contributed by atoms with Gasteiger partial charge in [-0.1, -0.05) is 17.4 Å². The molecular formula is C15H14F2N4O2S. The number of carbonyl (C=O) groups excluding carboxylic acids is 2. The second-order valence-corrected chi connectivity index (χ2v) is 6.34. The first-order valence-corrected chi connectivity index (χ1v) is 7.96. The third-order valence-corrected chi connectivity index (χ3v) is 4.91. The average molecular weight is 352 g/mol. The van der Waals surface area contributed by atoms with Gasteiger partial charge in [0.25, 0.3) is 5.91 Å². The van der Waals surface area contributed by atoms with Crippen LogP contribution in [0.25, 0.3) is 0 Å². The Kier molecular flexibility index (Phi) is 4.18. The second-order valence-electron chi connectivity index (χ2n) is 5.37. The van der Waals surface area contributed by atoms with Crippen molar-refractivity contribution in [2.45, 2.75) is 13.5 Å². The summed E-state index contributed by atoms with van der Waals surface area (Å²) in [5.41, 5.74) is 5.97. The van der Waals surface area contributed by atoms with Crippen LogP contribution in [0, 0.1) is 18.6 Å². The van der Waals surface area contributed by atoms with Gasteiger partial charge >= 0.3 is 6.03 Å². The number of hydrogen-bond acceptors (Lipinski definition) is 4. The molecule has 3 amide bonds. The Morgan fingerprint density at radius 1 is 1.38 bits per heavy atom. The highest BCUT2D eigenvalue weighted by Crippen LogP contribution is 2.29. The molecular weight excluding hydrogens is 338 g/mol. The van der Waals surface area contributed by atoms with Crippen LogP contribution in [0.4, 0.5) is 18.7 Å². The van der Waals surface area contributed by atoms with Gasteiger partial charge in [0.2, 0.25) is 0 Å². The van der Waals surface area contributed by atoms with Crippen LogP contribution in [0.15, 0.2) is 18.2 Å². The van der Waals surface area contributed by atoms with E-state index in [4.69, 9.17) is 5.73 Å². The van der Waals surface area contributed by atoms with Crippen molar-refractivity contribution in [1.29, 1.82) is 0 Å². The minimum atomic E-state index is -0.692. The van der Waals surface area contributed by atoms with Gasteiger partial charge in [-0.15, -0.1) is 0 Å². The molecule has 0 radical (unpaired) electrons. The Morgan fingerprint density at radius 2 is 2.12 bits per heavy atom. The molecule has 1 fully saturated rings. The van der Waals surface area contributed by atoms with E-state index in [9.17, 15) is 18.4 Å². The molecule has 0 saturated carbocycles. The number of benzene rings is 1. The van der Waals surface area contributed by atoms with Crippen molar-refractivity contribution in [3.8, 4) is 0 Å². The molecule has 0 spiro atoms. The number of aryl methyl sites for hydroxylation is 1. The van der Waals surface area contributed by atoms with E-state index in [0.717, 1.165) is 23.5 Å². The molecule has 0 unspecified atom stereocenters. The lowest BCUT2D eigenvalue weighted by atomic mass is 10.2. The number of hydrogen-bond donors (Lipinski definition) is 1. The van der Waals surface area contributed by atoms with Crippen molar-refractivity contribution in [2.24, 2.45) is 5.73 Å². The average Bonchev–Trinajstić information content (AvgIpc) is 3.06. The summed E-state index contributed by atoms with van der Waals surface area (Å²) in [6.07, 6.45) is 0. The number of carbonyl (C=O) groups is 2. The molecule has 0 bridgehead atoms. The summed E-state index contributed by atoms with van der Waals surface area (Å²) in [5.74, 6) is -1.95. The molecule has 24 heavy (non-hydrogen) atoms. The number of halogens is 2. The van der Waals surface area contributed by atoms with Crippen LogP contribution in [0.5, 0.6) is 0 Å². The predicted octanol–water partition coefficient (Wildman–Crippen LogP) is 2.27. The number of urea groups is 1. The number of nitrogens with zero attached hydrogens (tertiary/aromatic N) is 3. The summed E-state index contributed by atoms with van der Waals surface area (Å²) >= 11 is 1.05. The molecule has 1 aliphatic heterocycles. The summed E-state index contributed by atoms with van der Waals surface area (Å²) < 4.78 is 26.7. The van der Waals surface area contributed by atoms with Crippen molar-refractivity contribution in [2.75, 3.05) is 18.0 Å². The van der Waals surface area contributed by atoms with Crippen LogP contribution in [-0.4, -0.2) is 34.9 Å². The predicted molar refractivity (Wildman–Crippen MR) is 84.9 cm³/mol. The summed E-state index contributed by atoms with van der Waals surface area (Å²) in [5, 5.41) is 0.383. The van der Waals surface area contributed by atoms with Gasteiger partial charge in [0.1, 0.15) is 16.5 Å². The Bertz CT molecular complexity index is 824. The smallest absolute Gasteiger partial charge is 0.326 e. The zero-order valence-corrected chi connectivity index (χ0v) is 13.6. The summed E-state index contributed by atoms with van der Waals surface area (Å²) in [6.45, 7) is 2.42. The van der Waals surface area contributed by atoms with Gasteiger partial charge in [-0.05, 0) is 13.0 Å². The van der Waals surface area contributed by atoms with E-state index >= 15 is 0 Å². The molecule has 0 atom stereocenters. The Balaban J connectivity index is 1.77. The topological polar surface area (TPSA) is 79.5 Å². The van der Waals surface area contributed by atoms with Gasteiger partial charge in [0, 0.05) is 24.7 Å². The molecule has 1 saturated heterocycles. The first-order valence-electron chi connectivity index (χ1n) is 7.14. The van der Waals surface area contributed by atoms with Gasteiger partial charge < -0.3 is 10.6 Å². The van der Waals surface area contributed by atoms with Gasteiger partial charge in [-0.25, -0.2) is 18.6 Å². The fourth-order valence-electron chi connectivity index (χ4n) is 2.49. The normalized spacial score (nSPS) is 14.5. The number of aromatic nitrogens is 1. The minimum absolute atomic E-state index is 0.0362. The van der Waals surface area contributed by atoms with Gasteiger partial charge in [-0.3, -0.25) is 9.69 Å². The van der Waals surface area contributed by atoms with Crippen molar-refractivity contribution < 1.29 is 18.4 Å². The molecule has 1 aromatic carbocycles. The lowest BCUT2D eigenvalue weighted by Crippen LogP contribution is -2.31. The molecule has 2 N–H and O–H groups in total. The number of thiazole rings is 1. The lowest BCUT2D eigenvalue weighted by Gasteiger charge is -2.17. The molecule has 2 aromatic rings.